The summed E-state index contributed by atoms with van der Waals surface area (Å²) in [5.41, 5.74) is 2.39. The van der Waals surface area contributed by atoms with Crippen molar-refractivity contribution < 1.29 is 9.53 Å². The Morgan fingerprint density at radius 1 is 1.47 bits per heavy atom. The van der Waals surface area contributed by atoms with Gasteiger partial charge >= 0.3 is 0 Å². The average Bonchev–Trinajstić information content (AvgIpc) is 2.46. The maximum atomic E-state index is 12.1. The standard InChI is InChI=1S/C15H18N2O2/c1-12-2-4-13(5-3-12)6-7-15(18)17-8-9-19-14(10-16)11-17/h2-5,14H,6-9,11H2,1H3. The molecule has 0 spiro atoms. The molecule has 4 heteroatoms. The molecule has 1 aliphatic rings. The second kappa shape index (κ2) is 6.35. The topological polar surface area (TPSA) is 53.3 Å². The van der Waals surface area contributed by atoms with E-state index >= 15 is 0 Å². The molecule has 4 nitrogen and oxygen atoms in total. The molecule has 0 saturated carbocycles. The van der Waals surface area contributed by atoms with Gasteiger partial charge in [-0.25, -0.2) is 0 Å². The third-order valence-corrected chi connectivity index (χ3v) is 3.31. The van der Waals surface area contributed by atoms with Gasteiger partial charge in [0.25, 0.3) is 0 Å². The van der Waals surface area contributed by atoms with Gasteiger partial charge in [0, 0.05) is 13.0 Å². The Labute approximate surface area is 113 Å². The van der Waals surface area contributed by atoms with Crippen molar-refractivity contribution in [1.29, 1.82) is 5.26 Å². The number of benzene rings is 1. The molecule has 1 unspecified atom stereocenters. The molecule has 1 aromatic rings. The summed E-state index contributed by atoms with van der Waals surface area (Å²) in [6, 6.07) is 10.3. The lowest BCUT2D eigenvalue weighted by Crippen LogP contribution is -2.45. The first-order valence-corrected chi connectivity index (χ1v) is 6.53. The van der Waals surface area contributed by atoms with Crippen molar-refractivity contribution in [3.63, 3.8) is 0 Å². The second-order valence-electron chi connectivity index (χ2n) is 4.81. The highest BCUT2D eigenvalue weighted by atomic mass is 16.5. The average molecular weight is 258 g/mol. The van der Waals surface area contributed by atoms with Crippen molar-refractivity contribution in [2.45, 2.75) is 25.9 Å². The normalized spacial score (nSPS) is 18.9. The number of morpholine rings is 1. The minimum Gasteiger partial charge on any atom is -0.360 e. The van der Waals surface area contributed by atoms with E-state index in [1.807, 2.05) is 6.92 Å². The summed E-state index contributed by atoms with van der Waals surface area (Å²) in [6.45, 7) is 3.48. The molecule has 2 rings (SSSR count). The number of hydrogen-bond acceptors (Lipinski definition) is 3. The molecule has 1 saturated heterocycles. The zero-order valence-electron chi connectivity index (χ0n) is 11.1. The van der Waals surface area contributed by atoms with Crippen molar-refractivity contribution in [3.05, 3.63) is 35.4 Å². The van der Waals surface area contributed by atoms with Gasteiger partial charge in [-0.3, -0.25) is 4.79 Å². The van der Waals surface area contributed by atoms with Crippen LogP contribution in [0, 0.1) is 18.3 Å². The van der Waals surface area contributed by atoms with Crippen LogP contribution in [-0.2, 0) is 16.0 Å². The zero-order chi connectivity index (χ0) is 13.7. The first kappa shape index (κ1) is 13.6. The number of nitriles is 1. The molecule has 1 fully saturated rings. The van der Waals surface area contributed by atoms with Crippen molar-refractivity contribution in [1.82, 2.24) is 4.90 Å². The SMILES string of the molecule is Cc1ccc(CCC(=O)N2CCOC(C#N)C2)cc1. The van der Waals surface area contributed by atoms with Crippen molar-refractivity contribution in [3.8, 4) is 6.07 Å². The number of rotatable bonds is 3. The van der Waals surface area contributed by atoms with Crippen molar-refractivity contribution in [2.75, 3.05) is 19.7 Å². The summed E-state index contributed by atoms with van der Waals surface area (Å²) in [5.74, 6) is 0.101. The fraction of sp³-hybridized carbons (Fsp3) is 0.467. The third-order valence-electron chi connectivity index (χ3n) is 3.31. The van der Waals surface area contributed by atoms with Crippen LogP contribution < -0.4 is 0 Å². The van der Waals surface area contributed by atoms with Gasteiger partial charge in [-0.05, 0) is 18.9 Å². The number of aryl methyl sites for hydroxylation is 2. The highest BCUT2D eigenvalue weighted by molar-refractivity contribution is 5.76. The van der Waals surface area contributed by atoms with E-state index in [4.69, 9.17) is 10.00 Å². The van der Waals surface area contributed by atoms with Crippen molar-refractivity contribution >= 4 is 5.91 Å². The molecule has 1 amide bonds. The Bertz CT molecular complexity index is 476. The van der Waals surface area contributed by atoms with Crippen LogP contribution in [0.1, 0.15) is 17.5 Å². The van der Waals surface area contributed by atoms with Crippen LogP contribution in [0.3, 0.4) is 0 Å². The lowest BCUT2D eigenvalue weighted by Gasteiger charge is -2.29. The summed E-state index contributed by atoms with van der Waals surface area (Å²) in [7, 11) is 0. The fourth-order valence-corrected chi connectivity index (χ4v) is 2.12. The smallest absolute Gasteiger partial charge is 0.223 e. The minimum absolute atomic E-state index is 0.101. The van der Waals surface area contributed by atoms with Crippen LogP contribution in [0.2, 0.25) is 0 Å². The largest absolute Gasteiger partial charge is 0.360 e. The molecule has 1 atom stereocenters. The van der Waals surface area contributed by atoms with Crippen LogP contribution in [0.5, 0.6) is 0 Å². The molecule has 0 aliphatic carbocycles. The Balaban J connectivity index is 1.84. The summed E-state index contributed by atoms with van der Waals surface area (Å²) >= 11 is 0. The monoisotopic (exact) mass is 258 g/mol. The highest BCUT2D eigenvalue weighted by Gasteiger charge is 2.23. The quantitative estimate of drug-likeness (QED) is 0.829. The van der Waals surface area contributed by atoms with E-state index in [9.17, 15) is 4.79 Å². The first-order chi connectivity index (χ1) is 9.19. The van der Waals surface area contributed by atoms with Crippen LogP contribution in [0.25, 0.3) is 0 Å². The molecule has 0 bridgehead atoms. The number of hydrogen-bond donors (Lipinski definition) is 0. The fourth-order valence-electron chi connectivity index (χ4n) is 2.12. The van der Waals surface area contributed by atoms with E-state index in [-0.39, 0.29) is 5.91 Å². The second-order valence-corrected chi connectivity index (χ2v) is 4.81. The lowest BCUT2D eigenvalue weighted by atomic mass is 10.1. The van der Waals surface area contributed by atoms with E-state index in [1.165, 1.54) is 11.1 Å². The van der Waals surface area contributed by atoms with Gasteiger partial charge in [0.05, 0.1) is 19.2 Å². The van der Waals surface area contributed by atoms with Gasteiger partial charge in [0.1, 0.15) is 0 Å². The van der Waals surface area contributed by atoms with E-state index in [1.54, 1.807) is 4.90 Å². The van der Waals surface area contributed by atoms with Crippen LogP contribution in [-0.4, -0.2) is 36.6 Å². The van der Waals surface area contributed by atoms with E-state index < -0.39 is 6.10 Å². The van der Waals surface area contributed by atoms with Crippen molar-refractivity contribution in [2.24, 2.45) is 0 Å². The lowest BCUT2D eigenvalue weighted by molar-refractivity contribution is -0.136. The zero-order valence-corrected chi connectivity index (χ0v) is 11.1. The van der Waals surface area contributed by atoms with Gasteiger partial charge < -0.3 is 9.64 Å². The summed E-state index contributed by atoms with van der Waals surface area (Å²) in [4.78, 5) is 13.8. The number of nitrogens with zero attached hydrogens (tertiary/aromatic N) is 2. The van der Waals surface area contributed by atoms with E-state index in [0.29, 0.717) is 26.1 Å². The van der Waals surface area contributed by atoms with Gasteiger partial charge in [0.2, 0.25) is 5.91 Å². The first-order valence-electron chi connectivity index (χ1n) is 6.53. The molecule has 0 radical (unpaired) electrons. The molecule has 100 valence electrons. The predicted octanol–water partition coefficient (Wildman–Crippen LogP) is 1.68. The van der Waals surface area contributed by atoms with E-state index in [2.05, 4.69) is 30.3 Å². The minimum atomic E-state index is -0.475. The Morgan fingerprint density at radius 2 is 2.21 bits per heavy atom. The predicted molar refractivity (Wildman–Crippen MR) is 71.4 cm³/mol. The molecule has 1 aromatic carbocycles. The Morgan fingerprint density at radius 3 is 2.89 bits per heavy atom. The van der Waals surface area contributed by atoms with Gasteiger partial charge in [0.15, 0.2) is 6.10 Å². The van der Waals surface area contributed by atoms with Gasteiger partial charge in [-0.15, -0.1) is 0 Å². The molecule has 0 aromatic heterocycles. The number of carbonyl (C=O) groups excluding carboxylic acids is 1. The van der Waals surface area contributed by atoms with E-state index in [0.717, 1.165) is 6.42 Å². The maximum Gasteiger partial charge on any atom is 0.223 e. The molecule has 19 heavy (non-hydrogen) atoms. The molecular weight excluding hydrogens is 240 g/mol. The molecular formula is C15H18N2O2. The third kappa shape index (κ3) is 3.80. The highest BCUT2D eigenvalue weighted by Crippen LogP contribution is 2.10. The van der Waals surface area contributed by atoms with Crippen LogP contribution in [0.15, 0.2) is 24.3 Å². The molecule has 0 N–H and O–H groups in total. The molecule has 1 aliphatic heterocycles. The summed E-state index contributed by atoms with van der Waals surface area (Å²) < 4.78 is 5.23. The maximum absolute atomic E-state index is 12.1. The number of ether oxygens (including phenoxy) is 1. The number of carbonyl (C=O) groups is 1. The Kier molecular flexibility index (Phi) is 4.53. The Hall–Kier alpha value is -1.86. The molecule has 1 heterocycles. The summed E-state index contributed by atoms with van der Waals surface area (Å²) in [6.07, 6.45) is 0.756. The van der Waals surface area contributed by atoms with Gasteiger partial charge in [-0.1, -0.05) is 29.8 Å². The van der Waals surface area contributed by atoms with Crippen LogP contribution in [0.4, 0.5) is 0 Å². The number of amides is 1. The summed E-state index contributed by atoms with van der Waals surface area (Å²) in [5, 5.41) is 8.81. The van der Waals surface area contributed by atoms with Gasteiger partial charge in [-0.2, -0.15) is 5.26 Å². The van der Waals surface area contributed by atoms with Crippen LogP contribution >= 0.6 is 0 Å².